The van der Waals surface area contributed by atoms with E-state index in [0.717, 1.165) is 38.8 Å². The zero-order chi connectivity index (χ0) is 19.6. The Morgan fingerprint density at radius 3 is 2.17 bits per heavy atom. The molecule has 0 atom stereocenters. The van der Waals surface area contributed by atoms with Crippen LogP contribution in [0.25, 0.3) is 38.8 Å². The van der Waals surface area contributed by atoms with Crippen molar-refractivity contribution in [2.45, 2.75) is 0 Å². The van der Waals surface area contributed by atoms with Crippen LogP contribution in [0.4, 0.5) is 4.39 Å². The average molecular weight is 397 g/mol. The van der Waals surface area contributed by atoms with Crippen molar-refractivity contribution in [3.05, 3.63) is 102 Å². The van der Waals surface area contributed by atoms with Crippen LogP contribution in [0.1, 0.15) is 0 Å². The first kappa shape index (κ1) is 17.5. The maximum absolute atomic E-state index is 13.5. The van der Waals surface area contributed by atoms with Gasteiger partial charge in [-0.2, -0.15) is 5.10 Å². The summed E-state index contributed by atoms with van der Waals surface area (Å²) < 4.78 is 15.3. The second-order valence-corrected chi connectivity index (χ2v) is 7.44. The summed E-state index contributed by atoms with van der Waals surface area (Å²) in [5, 5.41) is 7.73. The molecule has 0 saturated carbocycles. The molecule has 0 amide bonds. The van der Waals surface area contributed by atoms with Crippen LogP contribution in [-0.4, -0.2) is 14.8 Å². The molecular weight excluding hydrogens is 381 g/mol. The smallest absolute Gasteiger partial charge is 0.127 e. The van der Waals surface area contributed by atoms with Gasteiger partial charge >= 0.3 is 0 Å². The van der Waals surface area contributed by atoms with Gasteiger partial charge in [-0.3, -0.25) is 0 Å². The Morgan fingerprint density at radius 1 is 0.759 bits per heavy atom. The summed E-state index contributed by atoms with van der Waals surface area (Å²) in [4.78, 5) is 4.85. The molecule has 140 valence electrons. The number of thiazole rings is 1. The van der Waals surface area contributed by atoms with E-state index in [1.165, 1.54) is 12.1 Å². The van der Waals surface area contributed by atoms with Gasteiger partial charge in [0.15, 0.2) is 0 Å². The molecule has 5 rings (SSSR count). The highest BCUT2D eigenvalue weighted by Gasteiger charge is 2.17. The first-order valence-corrected chi connectivity index (χ1v) is 10.1. The second-order valence-electron chi connectivity index (χ2n) is 6.58. The topological polar surface area (TPSA) is 30.7 Å². The molecule has 0 aliphatic rings. The Morgan fingerprint density at radius 2 is 1.45 bits per heavy atom. The van der Waals surface area contributed by atoms with E-state index in [4.69, 9.17) is 10.1 Å². The quantitative estimate of drug-likeness (QED) is 0.348. The lowest BCUT2D eigenvalue weighted by atomic mass is 10.1. The molecule has 0 N–H and O–H groups in total. The predicted molar refractivity (Wildman–Crippen MR) is 116 cm³/mol. The van der Waals surface area contributed by atoms with Gasteiger partial charge in [0.1, 0.15) is 16.5 Å². The van der Waals surface area contributed by atoms with Gasteiger partial charge in [0.05, 0.1) is 16.9 Å². The SMILES string of the molecule is Fc1ccc(-c2nn(-c3ccccc3)cc2-c2nc(-c3ccccc3)cs2)cc1. The van der Waals surface area contributed by atoms with Crippen LogP contribution in [0.3, 0.4) is 0 Å². The Kier molecular flexibility index (Phi) is 4.50. The second kappa shape index (κ2) is 7.45. The minimum atomic E-state index is -0.265. The molecule has 3 aromatic carbocycles. The Hall–Kier alpha value is -3.57. The van der Waals surface area contributed by atoms with Crippen molar-refractivity contribution in [1.29, 1.82) is 0 Å². The van der Waals surface area contributed by atoms with Crippen molar-refractivity contribution < 1.29 is 4.39 Å². The third-order valence-corrected chi connectivity index (χ3v) is 5.53. The summed E-state index contributed by atoms with van der Waals surface area (Å²) in [6.07, 6.45) is 1.99. The first-order valence-electron chi connectivity index (χ1n) is 9.20. The van der Waals surface area contributed by atoms with Crippen molar-refractivity contribution in [3.8, 4) is 38.8 Å². The standard InChI is InChI=1S/C24H16FN3S/c25-19-13-11-18(12-14-19)23-21(15-28(27-23)20-9-5-2-6-10-20)24-26-22(16-29-24)17-7-3-1-4-8-17/h1-16H. The van der Waals surface area contributed by atoms with E-state index in [2.05, 4.69) is 5.38 Å². The number of rotatable bonds is 4. The van der Waals surface area contributed by atoms with Crippen molar-refractivity contribution in [2.75, 3.05) is 0 Å². The number of nitrogens with zero attached hydrogens (tertiary/aromatic N) is 3. The minimum absolute atomic E-state index is 0.265. The molecule has 0 fully saturated rings. The molecule has 5 aromatic rings. The third kappa shape index (κ3) is 3.48. The fourth-order valence-electron chi connectivity index (χ4n) is 3.20. The van der Waals surface area contributed by atoms with Gasteiger partial charge in [-0.15, -0.1) is 11.3 Å². The number of para-hydroxylation sites is 1. The van der Waals surface area contributed by atoms with Crippen molar-refractivity contribution >= 4 is 11.3 Å². The summed E-state index contributed by atoms with van der Waals surface area (Å²) in [6.45, 7) is 0. The maximum atomic E-state index is 13.5. The van der Waals surface area contributed by atoms with E-state index in [1.807, 2.05) is 71.5 Å². The number of hydrogen-bond acceptors (Lipinski definition) is 3. The van der Waals surface area contributed by atoms with Crippen LogP contribution < -0.4 is 0 Å². The van der Waals surface area contributed by atoms with Gasteiger partial charge in [-0.1, -0.05) is 48.5 Å². The highest BCUT2D eigenvalue weighted by atomic mass is 32.1. The summed E-state index contributed by atoms with van der Waals surface area (Å²) in [6, 6.07) is 26.5. The lowest BCUT2D eigenvalue weighted by Crippen LogP contribution is -1.94. The molecule has 0 aliphatic heterocycles. The molecule has 2 aromatic heterocycles. The van der Waals surface area contributed by atoms with Crippen molar-refractivity contribution in [2.24, 2.45) is 0 Å². The van der Waals surface area contributed by atoms with E-state index in [1.54, 1.807) is 23.5 Å². The highest BCUT2D eigenvalue weighted by Crippen LogP contribution is 2.35. The molecule has 0 unspecified atom stereocenters. The van der Waals surface area contributed by atoms with Crippen LogP contribution in [-0.2, 0) is 0 Å². The van der Waals surface area contributed by atoms with E-state index in [9.17, 15) is 4.39 Å². The largest absolute Gasteiger partial charge is 0.240 e. The normalized spacial score (nSPS) is 10.9. The number of hydrogen-bond donors (Lipinski definition) is 0. The van der Waals surface area contributed by atoms with Gasteiger partial charge in [-0.05, 0) is 36.4 Å². The summed E-state index contributed by atoms with van der Waals surface area (Å²) in [5.74, 6) is -0.265. The van der Waals surface area contributed by atoms with Gasteiger partial charge < -0.3 is 0 Å². The molecule has 2 heterocycles. The summed E-state index contributed by atoms with van der Waals surface area (Å²) in [5.41, 5.74) is 5.53. The number of halogens is 1. The van der Waals surface area contributed by atoms with E-state index >= 15 is 0 Å². The van der Waals surface area contributed by atoms with Crippen molar-refractivity contribution in [3.63, 3.8) is 0 Å². The van der Waals surface area contributed by atoms with Crippen LogP contribution >= 0.6 is 11.3 Å². The zero-order valence-corrected chi connectivity index (χ0v) is 16.2. The van der Waals surface area contributed by atoms with Crippen molar-refractivity contribution in [1.82, 2.24) is 14.8 Å². The molecule has 0 spiro atoms. The number of aromatic nitrogens is 3. The monoisotopic (exact) mass is 397 g/mol. The van der Waals surface area contributed by atoms with Gasteiger partial charge in [-0.25, -0.2) is 14.1 Å². The fraction of sp³-hybridized carbons (Fsp3) is 0. The predicted octanol–water partition coefficient (Wildman–Crippen LogP) is 6.47. The molecule has 29 heavy (non-hydrogen) atoms. The lowest BCUT2D eigenvalue weighted by molar-refractivity contribution is 0.628. The summed E-state index contributed by atoms with van der Waals surface area (Å²) in [7, 11) is 0. The lowest BCUT2D eigenvalue weighted by Gasteiger charge is -2.01. The molecule has 0 aliphatic carbocycles. The van der Waals surface area contributed by atoms with Crippen LogP contribution in [0.2, 0.25) is 0 Å². The molecule has 5 heteroatoms. The van der Waals surface area contributed by atoms with Gasteiger partial charge in [0.2, 0.25) is 0 Å². The Bertz CT molecular complexity index is 1240. The van der Waals surface area contributed by atoms with Crippen LogP contribution in [0.15, 0.2) is 96.5 Å². The van der Waals surface area contributed by atoms with E-state index < -0.39 is 0 Å². The van der Waals surface area contributed by atoms with E-state index in [0.29, 0.717) is 0 Å². The Labute approximate surface area is 171 Å². The minimum Gasteiger partial charge on any atom is -0.240 e. The molecule has 3 nitrogen and oxygen atoms in total. The highest BCUT2D eigenvalue weighted by molar-refractivity contribution is 7.13. The Balaban J connectivity index is 1.64. The molecule has 0 bridgehead atoms. The first-order chi connectivity index (χ1) is 14.3. The molecular formula is C24H16FN3S. The molecule has 0 radical (unpaired) electrons. The average Bonchev–Trinajstić information content (AvgIpc) is 3.43. The van der Waals surface area contributed by atoms with E-state index in [-0.39, 0.29) is 5.82 Å². The van der Waals surface area contributed by atoms with Crippen LogP contribution in [0.5, 0.6) is 0 Å². The van der Waals surface area contributed by atoms with Gasteiger partial charge in [0, 0.05) is 22.7 Å². The summed E-state index contributed by atoms with van der Waals surface area (Å²) >= 11 is 1.58. The molecule has 0 saturated heterocycles. The number of benzene rings is 3. The maximum Gasteiger partial charge on any atom is 0.127 e. The zero-order valence-electron chi connectivity index (χ0n) is 15.4. The fourth-order valence-corrected chi connectivity index (χ4v) is 4.04. The third-order valence-electron chi connectivity index (χ3n) is 4.66. The van der Waals surface area contributed by atoms with Crippen LogP contribution in [0, 0.1) is 5.82 Å². The van der Waals surface area contributed by atoms with Gasteiger partial charge in [0.25, 0.3) is 0 Å².